The van der Waals surface area contributed by atoms with Gasteiger partial charge in [-0.1, -0.05) is 65.3 Å². The van der Waals surface area contributed by atoms with E-state index in [0.717, 1.165) is 61.5 Å². The van der Waals surface area contributed by atoms with Gasteiger partial charge in [0.15, 0.2) is 5.82 Å². The van der Waals surface area contributed by atoms with Crippen LogP contribution in [0.3, 0.4) is 0 Å². The number of aryl methyl sites for hydroxylation is 1. The summed E-state index contributed by atoms with van der Waals surface area (Å²) in [4.78, 5) is 5.21. The lowest BCUT2D eigenvalue weighted by molar-refractivity contribution is 0.0756. The lowest BCUT2D eigenvalue weighted by atomic mass is 9.87. The lowest BCUT2D eigenvalue weighted by Gasteiger charge is -2.21. The van der Waals surface area contributed by atoms with Gasteiger partial charge < -0.3 is 9.47 Å². The number of nitrogens with zero attached hydrogens (tertiary/aromatic N) is 4. The Labute approximate surface area is 231 Å². The normalized spacial score (nSPS) is 21.1. The zero-order chi connectivity index (χ0) is 27.3. The van der Waals surface area contributed by atoms with E-state index in [4.69, 9.17) is 19.6 Å². The van der Waals surface area contributed by atoms with Crippen molar-refractivity contribution in [2.75, 3.05) is 13.2 Å². The van der Waals surface area contributed by atoms with Crippen molar-refractivity contribution in [3.8, 4) is 11.5 Å². The number of hydrogen-bond donors (Lipinski definition) is 0. The van der Waals surface area contributed by atoms with Crippen molar-refractivity contribution in [3.63, 3.8) is 0 Å². The van der Waals surface area contributed by atoms with Gasteiger partial charge in [0.05, 0.1) is 11.0 Å². The van der Waals surface area contributed by atoms with E-state index in [1.54, 1.807) is 0 Å². The molecule has 8 heteroatoms. The highest BCUT2D eigenvalue weighted by atomic mass is 28.3. The van der Waals surface area contributed by atoms with Crippen LogP contribution < -0.4 is 0 Å². The summed E-state index contributed by atoms with van der Waals surface area (Å²) >= 11 is 0. The molecule has 0 spiro atoms. The first-order chi connectivity index (χ1) is 17.9. The van der Waals surface area contributed by atoms with Crippen LogP contribution in [0.5, 0.6) is 0 Å². The number of para-hydroxylation sites is 1. The maximum Gasteiger partial charge on any atom is 0.163 e. The van der Waals surface area contributed by atoms with Crippen LogP contribution in [0.1, 0.15) is 37.1 Å². The smallest absolute Gasteiger partial charge is 0.163 e. The molecule has 0 saturated heterocycles. The molecular weight excluding hydrogens is 505 g/mol. The van der Waals surface area contributed by atoms with Crippen LogP contribution in [0.15, 0.2) is 18.2 Å². The number of fused-ring (bicyclic) bond motifs is 3. The number of aromatic nitrogens is 4. The van der Waals surface area contributed by atoms with Gasteiger partial charge in [0, 0.05) is 40.6 Å². The summed E-state index contributed by atoms with van der Waals surface area (Å²) in [5.74, 6) is 1.71. The van der Waals surface area contributed by atoms with E-state index in [1.165, 1.54) is 34.8 Å². The number of ether oxygens (including phenoxy) is 2. The molecule has 6 nitrogen and oxygen atoms in total. The fourth-order valence-corrected chi connectivity index (χ4v) is 7.33. The average molecular weight is 553 g/mol. The number of benzene rings is 1. The zero-order valence-electron chi connectivity index (χ0n) is 25.0. The quantitative estimate of drug-likeness (QED) is 0.176. The van der Waals surface area contributed by atoms with Crippen LogP contribution >= 0.6 is 0 Å². The Balaban J connectivity index is 1.51. The van der Waals surface area contributed by atoms with E-state index < -0.39 is 16.1 Å². The van der Waals surface area contributed by atoms with Gasteiger partial charge in [0.2, 0.25) is 0 Å². The van der Waals surface area contributed by atoms with Crippen LogP contribution in [0, 0.1) is 11.3 Å². The summed E-state index contributed by atoms with van der Waals surface area (Å²) < 4.78 is 17.0. The molecule has 0 bridgehead atoms. The molecule has 2 heterocycles. The molecule has 208 valence electrons. The summed E-state index contributed by atoms with van der Waals surface area (Å²) in [7, 11) is -2.29. The van der Waals surface area contributed by atoms with Crippen molar-refractivity contribution in [1.82, 2.24) is 19.3 Å². The molecular formula is C30H48N4O2Si2. The maximum atomic E-state index is 6.33. The predicted octanol–water partition coefficient (Wildman–Crippen LogP) is 7.21. The van der Waals surface area contributed by atoms with Gasteiger partial charge in [-0.3, -0.25) is 4.57 Å². The first-order valence-corrected chi connectivity index (χ1v) is 22.0. The highest BCUT2D eigenvalue weighted by Crippen LogP contribution is 2.60. The van der Waals surface area contributed by atoms with Gasteiger partial charge in [-0.2, -0.15) is 5.10 Å². The molecule has 0 aliphatic heterocycles. The highest BCUT2D eigenvalue weighted by Gasteiger charge is 2.54. The largest absolute Gasteiger partial charge is 0.361 e. The number of imidazole rings is 1. The Morgan fingerprint density at radius 1 is 1.00 bits per heavy atom. The minimum absolute atomic E-state index is 0.426. The maximum absolute atomic E-state index is 6.33. The van der Waals surface area contributed by atoms with Crippen LogP contribution in [0.4, 0.5) is 0 Å². The third kappa shape index (κ3) is 5.88. The SMILES string of the molecule is CCc1cccc2nc(-c3nn(COCC[Si](C)(C)C)c4c3C[C@@H]3C[C@]3(C)C4)n(COCC[Si](C)(C)C)c12. The molecule has 3 aromatic rings. The standard InChI is InChI=1S/C30H48N4O2Si2/c1-9-22-11-10-12-25-28(22)33(20-35-13-15-37(3,4)5)29(31-25)27-24-17-23-18-30(23,2)19-26(24)34(32-27)21-36-14-16-38(6,7)8/h10-12,23H,9,13-21H2,1-8H3/t23-,30-/m1/s1. The van der Waals surface area contributed by atoms with E-state index >= 15 is 0 Å². The summed E-state index contributed by atoms with van der Waals surface area (Å²) in [6.45, 7) is 21.7. The van der Waals surface area contributed by atoms with E-state index in [0.29, 0.717) is 18.9 Å². The number of rotatable bonds is 12. The van der Waals surface area contributed by atoms with E-state index in [-0.39, 0.29) is 0 Å². The molecule has 0 amide bonds. The third-order valence-electron chi connectivity index (χ3n) is 8.60. The lowest BCUT2D eigenvalue weighted by Crippen LogP contribution is -2.23. The van der Waals surface area contributed by atoms with Crippen LogP contribution in [-0.4, -0.2) is 48.7 Å². The predicted molar refractivity (Wildman–Crippen MR) is 162 cm³/mol. The van der Waals surface area contributed by atoms with Crippen molar-refractivity contribution in [3.05, 3.63) is 35.0 Å². The fraction of sp³-hybridized carbons (Fsp3) is 0.667. The molecule has 5 rings (SSSR count). The second-order valence-corrected chi connectivity index (χ2v) is 25.6. The van der Waals surface area contributed by atoms with E-state index in [1.807, 2.05) is 0 Å². The van der Waals surface area contributed by atoms with Crippen molar-refractivity contribution < 1.29 is 9.47 Å². The molecule has 1 fully saturated rings. The van der Waals surface area contributed by atoms with Crippen molar-refractivity contribution in [1.29, 1.82) is 0 Å². The minimum Gasteiger partial charge on any atom is -0.361 e. The number of hydrogen-bond acceptors (Lipinski definition) is 4. The van der Waals surface area contributed by atoms with Crippen molar-refractivity contribution >= 4 is 27.2 Å². The first kappa shape index (κ1) is 27.8. The summed E-state index contributed by atoms with van der Waals surface area (Å²) in [6.07, 6.45) is 4.46. The van der Waals surface area contributed by atoms with Gasteiger partial charge in [-0.05, 0) is 60.7 Å². The van der Waals surface area contributed by atoms with E-state index in [2.05, 4.69) is 80.6 Å². The molecule has 0 N–H and O–H groups in total. The molecule has 2 aliphatic carbocycles. The Kier molecular flexibility index (Phi) is 7.57. The second kappa shape index (κ2) is 10.3. The van der Waals surface area contributed by atoms with E-state index in [9.17, 15) is 0 Å². The Morgan fingerprint density at radius 3 is 2.34 bits per heavy atom. The molecule has 2 aliphatic rings. The van der Waals surface area contributed by atoms with Crippen LogP contribution in [0.2, 0.25) is 51.4 Å². The highest BCUT2D eigenvalue weighted by molar-refractivity contribution is 6.76. The van der Waals surface area contributed by atoms with Gasteiger partial charge in [-0.15, -0.1) is 0 Å². The van der Waals surface area contributed by atoms with Crippen molar-refractivity contribution in [2.45, 2.75) is 104 Å². The fourth-order valence-electron chi connectivity index (χ4n) is 5.82. The molecule has 2 atom stereocenters. The van der Waals surface area contributed by atoms with Crippen molar-refractivity contribution in [2.24, 2.45) is 11.3 Å². The Hall–Kier alpha value is -1.75. The Bertz CT molecular complexity index is 1300. The summed E-state index contributed by atoms with van der Waals surface area (Å²) in [6, 6.07) is 8.83. The van der Waals surface area contributed by atoms with Gasteiger partial charge in [0.1, 0.15) is 19.2 Å². The van der Waals surface area contributed by atoms with Gasteiger partial charge >= 0.3 is 0 Å². The topological polar surface area (TPSA) is 54.1 Å². The minimum atomic E-state index is -1.16. The molecule has 38 heavy (non-hydrogen) atoms. The second-order valence-electron chi connectivity index (χ2n) is 14.4. The molecule has 1 aromatic carbocycles. The summed E-state index contributed by atoms with van der Waals surface area (Å²) in [5, 5.41) is 5.23. The average Bonchev–Trinajstić information content (AvgIpc) is 3.18. The van der Waals surface area contributed by atoms with Gasteiger partial charge in [-0.25, -0.2) is 9.67 Å². The molecule has 0 radical (unpaired) electrons. The van der Waals surface area contributed by atoms with Gasteiger partial charge in [0.25, 0.3) is 0 Å². The third-order valence-corrected chi connectivity index (χ3v) is 12.0. The zero-order valence-corrected chi connectivity index (χ0v) is 27.0. The summed E-state index contributed by atoms with van der Waals surface area (Å²) in [5.41, 5.74) is 7.75. The first-order valence-electron chi connectivity index (χ1n) is 14.6. The monoisotopic (exact) mass is 552 g/mol. The Morgan fingerprint density at radius 2 is 1.68 bits per heavy atom. The molecule has 1 saturated carbocycles. The molecule has 2 aromatic heterocycles. The van der Waals surface area contributed by atoms with Crippen LogP contribution in [-0.2, 0) is 42.2 Å². The van der Waals surface area contributed by atoms with Crippen LogP contribution in [0.25, 0.3) is 22.6 Å². The molecule has 0 unspecified atom stereocenters.